The summed E-state index contributed by atoms with van der Waals surface area (Å²) in [7, 11) is -5.90. The third-order valence-corrected chi connectivity index (χ3v) is 26.1. The van der Waals surface area contributed by atoms with Crippen molar-refractivity contribution in [2.45, 2.75) is 213 Å². The summed E-state index contributed by atoms with van der Waals surface area (Å²) >= 11 is 2.89. The van der Waals surface area contributed by atoms with Crippen LogP contribution in [0, 0.1) is 84.9 Å². The number of aliphatic carboxylic acids is 1. The zero-order valence-electron chi connectivity index (χ0n) is 73.4. The first-order valence-electron chi connectivity index (χ1n) is 44.6. The summed E-state index contributed by atoms with van der Waals surface area (Å²) in [5, 5.41) is 31.2. The fraction of sp³-hybridized carbons (Fsp3) is 0.531. The topological polar surface area (TPSA) is 391 Å². The Labute approximate surface area is 769 Å². The number of aryl methyl sites for hydroxylation is 2. The molecule has 0 saturated heterocycles. The van der Waals surface area contributed by atoms with E-state index in [0.29, 0.717) is 145 Å². The van der Waals surface area contributed by atoms with E-state index in [-0.39, 0.29) is 102 Å². The molecule has 5 aromatic rings. The van der Waals surface area contributed by atoms with Crippen LogP contribution >= 0.6 is 0 Å². The number of ketones is 2. The molecule has 0 atom stereocenters. The molecular weight excluding hydrogens is 1680 g/mol. The van der Waals surface area contributed by atoms with E-state index >= 15 is 0 Å². The van der Waals surface area contributed by atoms with Crippen LogP contribution in [0.25, 0.3) is 21.5 Å². The van der Waals surface area contributed by atoms with E-state index in [0.717, 1.165) is 189 Å². The fourth-order valence-corrected chi connectivity index (χ4v) is 18.1. The van der Waals surface area contributed by atoms with E-state index in [1.807, 2.05) is 49.4 Å². The number of aromatic hydroxyl groups is 2. The van der Waals surface area contributed by atoms with Crippen LogP contribution < -0.4 is 9.47 Å². The normalized spacial score (nSPS) is 22.3. The van der Waals surface area contributed by atoms with Gasteiger partial charge in [-0.25, -0.2) is 14.4 Å². The Morgan fingerprint density at radius 2 is 0.683 bits per heavy atom. The molecule has 674 valence electrons. The average molecular weight is 1800 g/mol. The number of carboxylic acid groups (broad SMARTS) is 1. The maximum atomic E-state index is 13.7. The van der Waals surface area contributed by atoms with E-state index in [1.165, 1.54) is 49.7 Å². The predicted molar refractivity (Wildman–Crippen MR) is 475 cm³/mol. The van der Waals surface area contributed by atoms with Gasteiger partial charge in [0.25, 0.3) is 0 Å². The number of hydrogen-bond acceptors (Lipinski definition) is 25. The molecule has 3 N–H and O–H groups in total. The summed E-state index contributed by atoms with van der Waals surface area (Å²) in [6.07, 6.45) is 30.4. The molecule has 0 aromatic heterocycles. The zero-order chi connectivity index (χ0) is 91.8. The number of esters is 8. The van der Waals surface area contributed by atoms with Crippen LogP contribution in [0.4, 0.5) is 0 Å². The van der Waals surface area contributed by atoms with Crippen molar-refractivity contribution in [3.8, 4) is 23.0 Å². The minimum atomic E-state index is -2.95. The van der Waals surface area contributed by atoms with Crippen molar-refractivity contribution >= 4 is 149 Å². The number of ether oxygens (including phenoxy) is 8. The summed E-state index contributed by atoms with van der Waals surface area (Å²) in [5.74, 6) is 1.31. The summed E-state index contributed by atoms with van der Waals surface area (Å²) in [5.41, 5.74) is 2.98. The van der Waals surface area contributed by atoms with Gasteiger partial charge in [0.05, 0.1) is 75.1 Å². The first-order chi connectivity index (χ1) is 60.6. The Kier molecular flexibility index (Phi) is 45.8. The quantitative estimate of drug-likeness (QED) is 0.00761. The van der Waals surface area contributed by atoms with Crippen molar-refractivity contribution in [2.75, 3.05) is 39.6 Å². The standard InChI is InChI=1S/C53H70O12.C21H32O6.C11H10O2.C11H8O2.2Na.O4S2/c1-4-47(54)60-30-8-10-32-62-50(56)40-22-14-36(15-23-40)38-18-26-42(27-19-38)52(58)64-46-34-35(3)49(45-13-7-6-12-44(45)46)65-53(59)43-28-20-39(21-29-43)37-16-24-41(25-17-37)51(57)63-33-11-9-31-61-48(55)5-2;1-2-19(22)26-13-3-4-14-27-21(25)18-11-7-16(8-12-18)15-5-9-17(10-6-15)20(23)24;2*1-7-6-10(12)8-4-2-3-5-9(8)11(7)13;;;1-5(2)6(3)4/h4-7,12-13,34,36-43H,1-2,8-11,14-33H2,3H3;2,15-18H,1,3-14H2,(H,23,24);2-6,12-13H,1H3;2-6H,1H3;;;. The van der Waals surface area contributed by atoms with Crippen LogP contribution in [-0.4, -0.2) is 181 Å². The van der Waals surface area contributed by atoms with Gasteiger partial charge < -0.3 is 53.2 Å². The van der Waals surface area contributed by atoms with Crippen LogP contribution in [0.3, 0.4) is 0 Å². The Bertz CT molecular complexity index is 4830. The van der Waals surface area contributed by atoms with Crippen LogP contribution in [0.2, 0.25) is 0 Å². The Balaban J connectivity index is 0.000000285. The Hall–Kier alpha value is -8.61. The van der Waals surface area contributed by atoms with E-state index in [2.05, 4.69) is 19.7 Å². The van der Waals surface area contributed by atoms with Crippen molar-refractivity contribution < 1.29 is 123 Å². The number of rotatable bonds is 29. The molecule has 0 unspecified atom stereocenters. The molecule has 6 saturated carbocycles. The van der Waals surface area contributed by atoms with Crippen molar-refractivity contribution in [3.05, 3.63) is 157 Å². The van der Waals surface area contributed by atoms with E-state index < -0.39 is 42.4 Å². The second-order valence-electron chi connectivity index (χ2n) is 33.2. The molecule has 0 spiro atoms. The van der Waals surface area contributed by atoms with Gasteiger partial charge in [0.15, 0.2) is 11.6 Å². The van der Waals surface area contributed by atoms with Gasteiger partial charge in [0, 0.05) is 56.5 Å². The molecule has 12 rings (SSSR count). The van der Waals surface area contributed by atoms with Gasteiger partial charge in [-0.05, 0) is 278 Å². The summed E-state index contributed by atoms with van der Waals surface area (Å²) in [6.45, 7) is 17.3. The van der Waals surface area contributed by atoms with Crippen LogP contribution in [0.1, 0.15) is 231 Å². The molecule has 0 heterocycles. The summed E-state index contributed by atoms with van der Waals surface area (Å²) < 4.78 is 79.9. The summed E-state index contributed by atoms with van der Waals surface area (Å²) in [6, 6.07) is 25.2. The Morgan fingerprint density at radius 3 is 1.03 bits per heavy atom. The molecular formula is C96H120Na2O26S2. The first-order valence-corrected chi connectivity index (χ1v) is 55.3. The molecule has 0 radical (unpaired) electrons. The number of carbonyl (C=O) groups excluding carboxylic acids is 10. The SMILES string of the molecule is C=CC(=O)OCCCCOC(=O)C1CCC(C2CCC(C(=O)O)CC2)CC1.C=CC(=O)OCCCCOC(=O)C1CCC(C2CCC(C(=O)Oc3cc(C)c(OC(=O)C4CCC(C5CCC(C(=O)OCCCCOC(=O)C=C)CC5)CC4)c4ccccc34)CC2)CC1.CC1=CC(=O)c2ccccc2C1=O.Cc1cc(O)c2ccccc2c1O.O=S(=O)=S(=O)=O.[Na][Na]. The average Bonchev–Trinajstić information content (AvgIpc) is 0.784. The van der Waals surface area contributed by atoms with Gasteiger partial charge in [-0.15, -0.1) is 0 Å². The molecule has 0 amide bonds. The molecule has 26 nitrogen and oxygen atoms in total. The van der Waals surface area contributed by atoms with Crippen molar-refractivity contribution in [1.29, 1.82) is 0 Å². The monoisotopic (exact) mass is 1800 g/mol. The molecule has 126 heavy (non-hydrogen) atoms. The van der Waals surface area contributed by atoms with E-state index in [9.17, 15) is 63.0 Å². The van der Waals surface area contributed by atoms with Crippen molar-refractivity contribution in [1.82, 2.24) is 0 Å². The molecule has 5 aromatic carbocycles. The van der Waals surface area contributed by atoms with Gasteiger partial charge in [0.1, 0.15) is 23.0 Å². The van der Waals surface area contributed by atoms with Gasteiger partial charge in [-0.1, -0.05) is 92.5 Å². The minimum absolute atomic E-state index is 0.00444. The van der Waals surface area contributed by atoms with Crippen LogP contribution in [0.5, 0.6) is 23.0 Å². The van der Waals surface area contributed by atoms with Crippen molar-refractivity contribution in [3.63, 3.8) is 0 Å². The molecule has 0 bridgehead atoms. The Morgan fingerprint density at radius 1 is 0.381 bits per heavy atom. The predicted octanol–water partition coefficient (Wildman–Crippen LogP) is 16.5. The van der Waals surface area contributed by atoms with Gasteiger partial charge in [-0.2, -0.15) is 16.8 Å². The maximum absolute atomic E-state index is 13.7. The van der Waals surface area contributed by atoms with Gasteiger partial charge in [-0.3, -0.25) is 38.4 Å². The number of phenolic OH excluding ortho intramolecular Hbond substituents is 2. The van der Waals surface area contributed by atoms with E-state index in [1.54, 1.807) is 56.3 Å². The number of carboxylic acids is 1. The third-order valence-electron chi connectivity index (χ3n) is 25.2. The van der Waals surface area contributed by atoms with Crippen molar-refractivity contribution in [2.24, 2.45) is 71.0 Å². The zero-order valence-corrected chi connectivity index (χ0v) is 79.1. The first kappa shape index (κ1) is 104. The number of carbonyl (C=O) groups is 11. The van der Waals surface area contributed by atoms with Gasteiger partial charge >= 0.3 is 116 Å². The number of benzene rings is 5. The van der Waals surface area contributed by atoms with E-state index in [4.69, 9.17) is 59.8 Å². The van der Waals surface area contributed by atoms with Crippen LogP contribution in [-0.2, 0) is 90.1 Å². The number of fused-ring (bicyclic) bond motifs is 3. The number of unbranched alkanes of at least 4 members (excludes halogenated alkanes) is 3. The number of allylic oxidation sites excluding steroid dienone is 2. The van der Waals surface area contributed by atoms with Crippen LogP contribution in [0.15, 0.2) is 135 Å². The second kappa shape index (κ2) is 55.3. The molecule has 7 aliphatic rings. The molecule has 0 aliphatic heterocycles. The van der Waals surface area contributed by atoms with Gasteiger partial charge in [0.2, 0.25) is 0 Å². The summed E-state index contributed by atoms with van der Waals surface area (Å²) in [4.78, 5) is 132. The second-order valence-corrected chi connectivity index (χ2v) is 35.7. The number of Topliss-reactive ketones (excluding diaryl/α,β-unsaturated/α-hetero) is 1. The molecule has 7 aliphatic carbocycles. The third kappa shape index (κ3) is 33.2. The number of phenols is 2. The molecule has 6 fully saturated rings. The number of hydrogen-bond donors (Lipinski definition) is 3. The molecule has 30 heteroatoms. The fourth-order valence-electron chi connectivity index (χ4n) is 18.1.